The highest BCUT2D eigenvalue weighted by Gasteiger charge is 2.11. The molecule has 3 rings (SSSR count). The quantitative estimate of drug-likeness (QED) is 0.427. The second kappa shape index (κ2) is 10.2. The first-order valence-corrected chi connectivity index (χ1v) is 9.70. The lowest BCUT2D eigenvalue weighted by Crippen LogP contribution is -2.30. The SMILES string of the molecule is Cc1ccc(CN(C)C(=O)COC(=O)/C=C/c2cnn(Cc3ccccc3)c2)cc1. The van der Waals surface area contributed by atoms with Crippen LogP contribution in [0.3, 0.4) is 0 Å². The zero-order valence-corrected chi connectivity index (χ0v) is 17.2. The van der Waals surface area contributed by atoms with Gasteiger partial charge in [-0.2, -0.15) is 5.10 Å². The molecule has 2 aromatic carbocycles. The number of nitrogens with zero attached hydrogens (tertiary/aromatic N) is 3. The molecule has 0 spiro atoms. The van der Waals surface area contributed by atoms with Crippen LogP contribution in [0, 0.1) is 6.92 Å². The minimum absolute atomic E-state index is 0.256. The summed E-state index contributed by atoms with van der Waals surface area (Å²) in [6, 6.07) is 17.9. The van der Waals surface area contributed by atoms with Crippen LogP contribution in [0.2, 0.25) is 0 Å². The molecular weight excluding hydrogens is 378 g/mol. The number of likely N-dealkylation sites (N-methyl/N-ethyl adjacent to an activating group) is 1. The van der Waals surface area contributed by atoms with Crippen molar-refractivity contribution in [3.05, 3.63) is 95.3 Å². The number of amides is 1. The van der Waals surface area contributed by atoms with Gasteiger partial charge in [0.05, 0.1) is 12.7 Å². The number of carbonyl (C=O) groups excluding carboxylic acids is 2. The Bertz CT molecular complexity index is 1010. The number of aryl methyl sites for hydroxylation is 1. The first kappa shape index (κ1) is 21.0. The average Bonchev–Trinajstić information content (AvgIpc) is 3.20. The summed E-state index contributed by atoms with van der Waals surface area (Å²) in [5, 5.41) is 4.28. The number of hydrogen-bond acceptors (Lipinski definition) is 4. The summed E-state index contributed by atoms with van der Waals surface area (Å²) in [5.74, 6) is -0.823. The van der Waals surface area contributed by atoms with Gasteiger partial charge >= 0.3 is 5.97 Å². The van der Waals surface area contributed by atoms with Crippen molar-refractivity contribution >= 4 is 18.0 Å². The molecule has 154 valence electrons. The molecule has 6 heteroatoms. The number of aromatic nitrogens is 2. The molecule has 0 fully saturated rings. The van der Waals surface area contributed by atoms with Gasteiger partial charge < -0.3 is 9.64 Å². The summed E-state index contributed by atoms with van der Waals surface area (Å²) < 4.78 is 6.86. The van der Waals surface area contributed by atoms with Gasteiger partial charge in [-0.05, 0) is 24.1 Å². The molecule has 0 atom stereocenters. The molecule has 1 amide bonds. The van der Waals surface area contributed by atoms with Gasteiger partial charge in [-0.25, -0.2) is 4.79 Å². The van der Waals surface area contributed by atoms with E-state index in [2.05, 4.69) is 5.10 Å². The second-order valence-corrected chi connectivity index (χ2v) is 7.13. The van der Waals surface area contributed by atoms with Gasteiger partial charge in [-0.3, -0.25) is 9.48 Å². The fraction of sp³-hybridized carbons (Fsp3) is 0.208. The van der Waals surface area contributed by atoms with Crippen LogP contribution < -0.4 is 0 Å². The third-order valence-electron chi connectivity index (χ3n) is 4.56. The fourth-order valence-electron chi connectivity index (χ4n) is 2.83. The molecule has 1 aromatic heterocycles. The van der Waals surface area contributed by atoms with Gasteiger partial charge in [0.1, 0.15) is 0 Å². The highest BCUT2D eigenvalue weighted by molar-refractivity contribution is 5.89. The second-order valence-electron chi connectivity index (χ2n) is 7.13. The topological polar surface area (TPSA) is 64.4 Å². The van der Waals surface area contributed by atoms with Crippen molar-refractivity contribution in [1.29, 1.82) is 0 Å². The Morgan fingerprint density at radius 3 is 2.53 bits per heavy atom. The highest BCUT2D eigenvalue weighted by atomic mass is 16.5. The Morgan fingerprint density at radius 2 is 1.80 bits per heavy atom. The Morgan fingerprint density at radius 1 is 1.07 bits per heavy atom. The third kappa shape index (κ3) is 6.44. The fourth-order valence-corrected chi connectivity index (χ4v) is 2.83. The van der Waals surface area contributed by atoms with Crippen molar-refractivity contribution in [2.24, 2.45) is 0 Å². The van der Waals surface area contributed by atoms with E-state index in [4.69, 9.17) is 4.74 Å². The van der Waals surface area contributed by atoms with Crippen LogP contribution >= 0.6 is 0 Å². The number of carbonyl (C=O) groups is 2. The van der Waals surface area contributed by atoms with Crippen molar-refractivity contribution < 1.29 is 14.3 Å². The van der Waals surface area contributed by atoms with Gasteiger partial charge in [0, 0.05) is 31.4 Å². The molecule has 0 aliphatic carbocycles. The van der Waals surface area contributed by atoms with Gasteiger partial charge in [0.25, 0.3) is 5.91 Å². The van der Waals surface area contributed by atoms with E-state index in [0.29, 0.717) is 13.1 Å². The normalized spacial score (nSPS) is 10.9. The highest BCUT2D eigenvalue weighted by Crippen LogP contribution is 2.07. The lowest BCUT2D eigenvalue weighted by atomic mass is 10.1. The van der Waals surface area contributed by atoms with Crippen LogP contribution in [0.5, 0.6) is 0 Å². The van der Waals surface area contributed by atoms with Crippen LogP contribution in [-0.4, -0.2) is 40.2 Å². The monoisotopic (exact) mass is 403 g/mol. The Kier molecular flexibility index (Phi) is 7.16. The van der Waals surface area contributed by atoms with Gasteiger partial charge in [0.15, 0.2) is 6.61 Å². The Labute approximate surface area is 176 Å². The van der Waals surface area contributed by atoms with E-state index in [0.717, 1.165) is 16.7 Å². The van der Waals surface area contributed by atoms with Crippen molar-refractivity contribution in [1.82, 2.24) is 14.7 Å². The number of hydrogen-bond donors (Lipinski definition) is 0. The minimum atomic E-state index is -0.567. The Balaban J connectivity index is 1.44. The molecule has 30 heavy (non-hydrogen) atoms. The molecule has 0 bridgehead atoms. The lowest BCUT2D eigenvalue weighted by molar-refractivity contribution is -0.147. The van der Waals surface area contributed by atoms with E-state index in [1.807, 2.05) is 67.7 Å². The molecule has 0 aliphatic rings. The zero-order valence-electron chi connectivity index (χ0n) is 17.2. The summed E-state index contributed by atoms with van der Waals surface area (Å²) in [4.78, 5) is 25.6. The molecule has 0 saturated carbocycles. The molecule has 0 radical (unpaired) electrons. The van der Waals surface area contributed by atoms with E-state index < -0.39 is 5.97 Å². The van der Waals surface area contributed by atoms with Crippen molar-refractivity contribution in [3.63, 3.8) is 0 Å². The smallest absolute Gasteiger partial charge is 0.331 e. The van der Waals surface area contributed by atoms with Crippen LogP contribution in [0.15, 0.2) is 73.1 Å². The summed E-state index contributed by atoms with van der Waals surface area (Å²) in [6.45, 7) is 2.84. The van der Waals surface area contributed by atoms with Crippen LogP contribution in [-0.2, 0) is 27.4 Å². The largest absolute Gasteiger partial charge is 0.452 e. The zero-order chi connectivity index (χ0) is 21.3. The van der Waals surface area contributed by atoms with Crippen molar-refractivity contribution in [2.75, 3.05) is 13.7 Å². The first-order chi connectivity index (χ1) is 14.5. The summed E-state index contributed by atoms with van der Waals surface area (Å²) >= 11 is 0. The first-order valence-electron chi connectivity index (χ1n) is 9.70. The predicted molar refractivity (Wildman–Crippen MR) is 115 cm³/mol. The predicted octanol–water partition coefficient (Wildman–Crippen LogP) is 3.45. The molecule has 6 nitrogen and oxygen atoms in total. The molecule has 0 saturated heterocycles. The van der Waals surface area contributed by atoms with Crippen LogP contribution in [0.4, 0.5) is 0 Å². The molecule has 0 aliphatic heterocycles. The van der Waals surface area contributed by atoms with Gasteiger partial charge in [0.2, 0.25) is 0 Å². The van der Waals surface area contributed by atoms with Crippen molar-refractivity contribution in [2.45, 2.75) is 20.0 Å². The maximum absolute atomic E-state index is 12.2. The molecule has 0 unspecified atom stereocenters. The number of rotatable bonds is 8. The minimum Gasteiger partial charge on any atom is -0.452 e. The molecular formula is C24H25N3O3. The molecule has 1 heterocycles. The third-order valence-corrected chi connectivity index (χ3v) is 4.56. The molecule has 3 aromatic rings. The standard InChI is InChI=1S/C24H25N3O3/c1-19-8-10-21(11-9-19)15-26(2)23(28)18-30-24(29)13-12-22-14-25-27(17-22)16-20-6-4-3-5-7-20/h3-14,17H,15-16,18H2,1-2H3/b13-12+. The maximum Gasteiger partial charge on any atom is 0.331 e. The van der Waals surface area contributed by atoms with E-state index in [9.17, 15) is 9.59 Å². The van der Waals surface area contributed by atoms with Crippen molar-refractivity contribution in [3.8, 4) is 0 Å². The summed E-state index contributed by atoms with van der Waals surface area (Å²) in [5.41, 5.74) is 4.11. The number of benzene rings is 2. The number of esters is 1. The summed E-state index contributed by atoms with van der Waals surface area (Å²) in [6.07, 6.45) is 6.44. The number of ether oxygens (including phenoxy) is 1. The molecule has 0 N–H and O–H groups in total. The van der Waals surface area contributed by atoms with E-state index in [-0.39, 0.29) is 12.5 Å². The van der Waals surface area contributed by atoms with Crippen LogP contribution in [0.1, 0.15) is 22.3 Å². The lowest BCUT2D eigenvalue weighted by Gasteiger charge is -2.17. The van der Waals surface area contributed by atoms with E-state index >= 15 is 0 Å². The average molecular weight is 403 g/mol. The Hall–Kier alpha value is -3.67. The van der Waals surface area contributed by atoms with Gasteiger partial charge in [-0.15, -0.1) is 0 Å². The van der Waals surface area contributed by atoms with Crippen LogP contribution in [0.25, 0.3) is 6.08 Å². The van der Waals surface area contributed by atoms with E-state index in [1.54, 1.807) is 24.0 Å². The maximum atomic E-state index is 12.2. The van der Waals surface area contributed by atoms with E-state index in [1.165, 1.54) is 16.5 Å². The van der Waals surface area contributed by atoms with Gasteiger partial charge in [-0.1, -0.05) is 60.2 Å². The summed E-state index contributed by atoms with van der Waals surface area (Å²) in [7, 11) is 1.69.